The van der Waals surface area contributed by atoms with E-state index in [0.29, 0.717) is 6.54 Å². The summed E-state index contributed by atoms with van der Waals surface area (Å²) < 4.78 is 10.7. The summed E-state index contributed by atoms with van der Waals surface area (Å²) in [6.07, 6.45) is 3.38. The van der Waals surface area contributed by atoms with Crippen molar-refractivity contribution in [3.05, 3.63) is 0 Å². The average Bonchev–Trinajstić information content (AvgIpc) is 2.66. The lowest BCUT2D eigenvalue weighted by molar-refractivity contribution is 0.0126. The highest BCUT2D eigenvalue weighted by molar-refractivity contribution is 5.89. The lowest BCUT2D eigenvalue weighted by Crippen LogP contribution is -2.41. The van der Waals surface area contributed by atoms with Crippen molar-refractivity contribution in [2.75, 3.05) is 20.6 Å². The first-order chi connectivity index (χ1) is 8.93. The van der Waals surface area contributed by atoms with Crippen LogP contribution in [0.1, 0.15) is 39.0 Å². The largest absolute Gasteiger partial charge is 0.440 e. The first-order valence-electron chi connectivity index (χ1n) is 6.81. The maximum Gasteiger partial charge on any atom is 0.421 e. The average molecular weight is 270 g/mol. The number of ether oxygens (including phenoxy) is 2. The van der Waals surface area contributed by atoms with Crippen LogP contribution in [-0.2, 0) is 9.47 Å². The summed E-state index contributed by atoms with van der Waals surface area (Å²) in [6.45, 7) is 2.08. The van der Waals surface area contributed by atoms with Gasteiger partial charge in [0, 0.05) is 0 Å². The zero-order chi connectivity index (χ0) is 14.0. The van der Waals surface area contributed by atoms with E-state index >= 15 is 0 Å². The van der Waals surface area contributed by atoms with E-state index in [-0.39, 0.29) is 6.23 Å². The summed E-state index contributed by atoms with van der Waals surface area (Å²) >= 11 is 0. The third-order valence-corrected chi connectivity index (χ3v) is 3.95. The second kappa shape index (κ2) is 5.36. The zero-order valence-corrected chi connectivity index (χ0v) is 11.8. The monoisotopic (exact) mass is 270 g/mol. The number of carbonyl (C=O) groups excluding carboxylic acids is 2. The molecule has 1 saturated carbocycles. The van der Waals surface area contributed by atoms with Crippen molar-refractivity contribution in [3.63, 3.8) is 0 Å². The Kier molecular flexibility index (Phi) is 3.99. The lowest BCUT2D eigenvalue weighted by Gasteiger charge is -2.30. The van der Waals surface area contributed by atoms with Crippen molar-refractivity contribution < 1.29 is 19.1 Å². The molecular weight excluding hydrogens is 248 g/mol. The first kappa shape index (κ1) is 14.1. The van der Waals surface area contributed by atoms with Crippen molar-refractivity contribution in [3.8, 4) is 0 Å². The summed E-state index contributed by atoms with van der Waals surface area (Å²) in [4.78, 5) is 26.7. The molecule has 1 heterocycles. The van der Waals surface area contributed by atoms with Crippen LogP contribution in [0.25, 0.3) is 0 Å². The molecule has 1 atom stereocenters. The highest BCUT2D eigenvalue weighted by Gasteiger charge is 2.48. The number of hydrogen-bond donors (Lipinski definition) is 0. The molecule has 0 aromatic rings. The molecule has 1 aliphatic carbocycles. The molecule has 0 aromatic carbocycles. The third-order valence-electron chi connectivity index (χ3n) is 3.95. The quantitative estimate of drug-likeness (QED) is 0.720. The molecule has 2 fully saturated rings. The highest BCUT2D eigenvalue weighted by Crippen LogP contribution is 2.37. The van der Waals surface area contributed by atoms with Crippen LogP contribution in [0.15, 0.2) is 0 Å². The molecule has 0 radical (unpaired) electrons. The van der Waals surface area contributed by atoms with Crippen LogP contribution in [0.3, 0.4) is 0 Å². The molecule has 6 heteroatoms. The molecule has 1 saturated heterocycles. The molecule has 1 aliphatic heterocycles. The summed E-state index contributed by atoms with van der Waals surface area (Å²) in [7, 11) is 3.62. The highest BCUT2D eigenvalue weighted by atomic mass is 16.6. The molecule has 1 spiro atoms. The topological polar surface area (TPSA) is 59.1 Å². The van der Waals surface area contributed by atoms with Gasteiger partial charge >= 0.3 is 12.2 Å². The second-order valence-electron chi connectivity index (χ2n) is 5.64. The molecular formula is C13H22N2O4. The normalized spacial score (nSPS) is 23.6. The number of carbonyl (C=O) groups is 2. The Morgan fingerprint density at radius 1 is 1.37 bits per heavy atom. The van der Waals surface area contributed by atoms with Crippen LogP contribution in [0.5, 0.6) is 0 Å². The van der Waals surface area contributed by atoms with Gasteiger partial charge in [-0.3, -0.25) is 4.90 Å². The Balaban J connectivity index is 1.97. The number of nitrogens with zero attached hydrogens (tertiary/aromatic N) is 2. The number of hydrogen-bond acceptors (Lipinski definition) is 5. The Morgan fingerprint density at radius 3 is 2.58 bits per heavy atom. The van der Waals surface area contributed by atoms with Crippen LogP contribution < -0.4 is 0 Å². The van der Waals surface area contributed by atoms with Crippen LogP contribution in [0.4, 0.5) is 9.59 Å². The van der Waals surface area contributed by atoms with Crippen molar-refractivity contribution in [1.29, 1.82) is 0 Å². The van der Waals surface area contributed by atoms with Gasteiger partial charge in [0.25, 0.3) is 0 Å². The zero-order valence-electron chi connectivity index (χ0n) is 11.8. The second-order valence-corrected chi connectivity index (χ2v) is 5.64. The number of amides is 2. The van der Waals surface area contributed by atoms with Crippen LogP contribution in [0, 0.1) is 0 Å². The van der Waals surface area contributed by atoms with Gasteiger partial charge in [-0.1, -0.05) is 6.42 Å². The number of imide groups is 1. The summed E-state index contributed by atoms with van der Waals surface area (Å²) in [6, 6.07) is 0. The molecule has 2 aliphatic rings. The van der Waals surface area contributed by atoms with E-state index in [9.17, 15) is 9.59 Å². The van der Waals surface area contributed by atoms with Gasteiger partial charge in [-0.2, -0.15) is 0 Å². The molecule has 2 amide bonds. The Bertz CT molecular complexity index is 364. The lowest BCUT2D eigenvalue weighted by atomic mass is 9.85. The SMILES string of the molecule is CC(OC(=O)N1CC2(CCCCC2)OC1=O)N(C)C. The van der Waals surface area contributed by atoms with Crippen LogP contribution >= 0.6 is 0 Å². The van der Waals surface area contributed by atoms with Crippen LogP contribution in [0.2, 0.25) is 0 Å². The van der Waals surface area contributed by atoms with Gasteiger partial charge in [0.2, 0.25) is 0 Å². The fraction of sp³-hybridized carbons (Fsp3) is 0.846. The van der Waals surface area contributed by atoms with Gasteiger partial charge in [0.05, 0.1) is 6.54 Å². The standard InChI is InChI=1S/C13H22N2O4/c1-10(14(2)3)18-11(16)15-9-13(19-12(15)17)7-5-4-6-8-13/h10H,4-9H2,1-3H3. The van der Waals surface area contributed by atoms with Crippen molar-refractivity contribution >= 4 is 12.2 Å². The summed E-state index contributed by atoms with van der Waals surface area (Å²) in [5.41, 5.74) is -0.463. The van der Waals surface area contributed by atoms with Gasteiger partial charge in [-0.25, -0.2) is 14.5 Å². The Hall–Kier alpha value is -1.30. The fourth-order valence-electron chi connectivity index (χ4n) is 2.54. The van der Waals surface area contributed by atoms with E-state index in [1.54, 1.807) is 11.8 Å². The predicted molar refractivity (Wildman–Crippen MR) is 68.6 cm³/mol. The van der Waals surface area contributed by atoms with Gasteiger partial charge in [-0.05, 0) is 46.7 Å². The van der Waals surface area contributed by atoms with Gasteiger partial charge in [0.1, 0.15) is 5.60 Å². The molecule has 0 N–H and O–H groups in total. The fourth-order valence-corrected chi connectivity index (χ4v) is 2.54. The Morgan fingerprint density at radius 2 is 2.00 bits per heavy atom. The van der Waals surface area contributed by atoms with Gasteiger partial charge in [0.15, 0.2) is 6.23 Å². The van der Waals surface area contributed by atoms with E-state index in [4.69, 9.17) is 9.47 Å². The molecule has 6 nitrogen and oxygen atoms in total. The van der Waals surface area contributed by atoms with Crippen molar-refractivity contribution in [2.45, 2.75) is 50.9 Å². The van der Waals surface area contributed by atoms with E-state index in [0.717, 1.165) is 30.6 Å². The number of rotatable bonds is 2. The van der Waals surface area contributed by atoms with Gasteiger partial charge < -0.3 is 9.47 Å². The minimum atomic E-state index is -0.617. The van der Waals surface area contributed by atoms with E-state index in [1.165, 1.54) is 6.42 Å². The molecule has 0 aromatic heterocycles. The molecule has 2 rings (SSSR count). The van der Waals surface area contributed by atoms with Crippen LogP contribution in [-0.4, -0.2) is 54.5 Å². The Labute approximate surface area is 113 Å². The third kappa shape index (κ3) is 3.00. The minimum absolute atomic E-state index is 0.324. The minimum Gasteiger partial charge on any atom is -0.440 e. The molecule has 0 bridgehead atoms. The summed E-state index contributed by atoms with van der Waals surface area (Å²) in [5, 5.41) is 0. The van der Waals surface area contributed by atoms with E-state index in [1.807, 2.05) is 14.1 Å². The van der Waals surface area contributed by atoms with E-state index < -0.39 is 17.8 Å². The molecule has 1 unspecified atom stereocenters. The molecule has 108 valence electrons. The van der Waals surface area contributed by atoms with Gasteiger partial charge in [-0.15, -0.1) is 0 Å². The molecule has 19 heavy (non-hydrogen) atoms. The predicted octanol–water partition coefficient (Wildman–Crippen LogP) is 2.19. The van der Waals surface area contributed by atoms with Crippen molar-refractivity contribution in [1.82, 2.24) is 9.80 Å². The van der Waals surface area contributed by atoms with E-state index in [2.05, 4.69) is 0 Å². The maximum atomic E-state index is 12.0. The maximum absolute atomic E-state index is 12.0. The first-order valence-corrected chi connectivity index (χ1v) is 6.81. The van der Waals surface area contributed by atoms with Crippen molar-refractivity contribution in [2.24, 2.45) is 0 Å². The smallest absolute Gasteiger partial charge is 0.421 e. The summed E-state index contributed by atoms with van der Waals surface area (Å²) in [5.74, 6) is 0.